The SMILES string of the molecule is CCCc1nc(C(=O)Nc2cccc([N+](=O)[O-])c2C)n[nH]1. The molecule has 0 atom stereocenters. The molecule has 0 saturated heterocycles. The zero-order valence-electron chi connectivity index (χ0n) is 11.7. The number of anilines is 1. The zero-order valence-corrected chi connectivity index (χ0v) is 11.7. The molecule has 1 amide bonds. The smallest absolute Gasteiger partial charge is 0.295 e. The van der Waals surface area contributed by atoms with E-state index in [0.29, 0.717) is 23.5 Å². The van der Waals surface area contributed by atoms with Gasteiger partial charge >= 0.3 is 0 Å². The van der Waals surface area contributed by atoms with Gasteiger partial charge < -0.3 is 5.32 Å². The first kappa shape index (κ1) is 14.6. The first-order chi connectivity index (χ1) is 10.0. The number of nitrogens with zero attached hydrogens (tertiary/aromatic N) is 3. The van der Waals surface area contributed by atoms with E-state index in [2.05, 4.69) is 20.5 Å². The number of H-pyrrole nitrogens is 1. The summed E-state index contributed by atoms with van der Waals surface area (Å²) in [5, 5.41) is 20.0. The van der Waals surface area contributed by atoms with Gasteiger partial charge in [-0.3, -0.25) is 20.0 Å². The minimum absolute atomic E-state index is 0.0179. The second-order valence-electron chi connectivity index (χ2n) is 4.52. The number of benzene rings is 1. The van der Waals surface area contributed by atoms with E-state index in [4.69, 9.17) is 0 Å². The van der Waals surface area contributed by atoms with Crippen molar-refractivity contribution in [3.63, 3.8) is 0 Å². The van der Waals surface area contributed by atoms with E-state index in [1.54, 1.807) is 13.0 Å². The molecule has 1 aromatic heterocycles. The number of nitro benzene ring substituents is 1. The van der Waals surface area contributed by atoms with E-state index < -0.39 is 10.8 Å². The molecule has 0 aliphatic carbocycles. The Balaban J connectivity index is 2.19. The van der Waals surface area contributed by atoms with Gasteiger partial charge in [-0.15, -0.1) is 5.10 Å². The fraction of sp³-hybridized carbons (Fsp3) is 0.308. The molecule has 0 radical (unpaired) electrons. The number of amides is 1. The first-order valence-corrected chi connectivity index (χ1v) is 6.49. The van der Waals surface area contributed by atoms with Gasteiger partial charge in [0.25, 0.3) is 11.6 Å². The standard InChI is InChI=1S/C13H15N5O3/c1-3-5-11-15-12(17-16-11)13(19)14-9-6-4-7-10(8(9)2)18(20)21/h4,6-7H,3,5H2,1-2H3,(H,14,19)(H,15,16,17). The normalized spacial score (nSPS) is 10.4. The van der Waals surface area contributed by atoms with Gasteiger partial charge in [-0.05, 0) is 19.4 Å². The van der Waals surface area contributed by atoms with Crippen molar-refractivity contribution in [2.45, 2.75) is 26.7 Å². The van der Waals surface area contributed by atoms with Crippen LogP contribution in [0.15, 0.2) is 18.2 Å². The number of nitro groups is 1. The molecule has 2 rings (SSSR count). The number of hydrogen-bond donors (Lipinski definition) is 2. The molecule has 1 aromatic carbocycles. The zero-order chi connectivity index (χ0) is 15.4. The highest BCUT2D eigenvalue weighted by molar-refractivity contribution is 6.02. The van der Waals surface area contributed by atoms with Gasteiger partial charge in [0, 0.05) is 12.5 Å². The number of aryl methyl sites for hydroxylation is 1. The van der Waals surface area contributed by atoms with E-state index in [1.165, 1.54) is 12.1 Å². The number of carbonyl (C=O) groups is 1. The maximum atomic E-state index is 12.0. The second kappa shape index (κ2) is 6.12. The molecule has 2 aromatic rings. The first-order valence-electron chi connectivity index (χ1n) is 6.49. The quantitative estimate of drug-likeness (QED) is 0.647. The van der Waals surface area contributed by atoms with Crippen LogP contribution in [0.2, 0.25) is 0 Å². The Morgan fingerprint density at radius 1 is 1.48 bits per heavy atom. The summed E-state index contributed by atoms with van der Waals surface area (Å²) in [6.45, 7) is 3.57. The van der Waals surface area contributed by atoms with E-state index in [1.807, 2.05) is 6.92 Å². The third kappa shape index (κ3) is 3.22. The lowest BCUT2D eigenvalue weighted by Crippen LogP contribution is -2.15. The van der Waals surface area contributed by atoms with Gasteiger partial charge in [0.15, 0.2) is 0 Å². The molecule has 0 fully saturated rings. The summed E-state index contributed by atoms with van der Waals surface area (Å²) in [5.41, 5.74) is 0.714. The number of carbonyl (C=O) groups excluding carboxylic acids is 1. The van der Waals surface area contributed by atoms with Crippen molar-refractivity contribution in [1.29, 1.82) is 0 Å². The molecule has 21 heavy (non-hydrogen) atoms. The maximum Gasteiger partial charge on any atom is 0.295 e. The van der Waals surface area contributed by atoms with Crippen LogP contribution < -0.4 is 5.32 Å². The predicted octanol–water partition coefficient (Wildman–Crippen LogP) is 2.23. The van der Waals surface area contributed by atoms with Gasteiger partial charge in [-0.25, -0.2) is 4.98 Å². The Hall–Kier alpha value is -2.77. The lowest BCUT2D eigenvalue weighted by molar-refractivity contribution is -0.385. The third-order valence-corrected chi connectivity index (χ3v) is 2.97. The predicted molar refractivity (Wildman–Crippen MR) is 76.2 cm³/mol. The molecule has 0 aliphatic rings. The summed E-state index contributed by atoms with van der Waals surface area (Å²) in [5.74, 6) is 0.153. The molecule has 0 saturated carbocycles. The Labute approximate surface area is 120 Å². The lowest BCUT2D eigenvalue weighted by Gasteiger charge is -2.06. The number of nitrogens with one attached hydrogen (secondary N) is 2. The van der Waals surface area contributed by atoms with Crippen molar-refractivity contribution in [2.24, 2.45) is 0 Å². The van der Waals surface area contributed by atoms with Crippen LogP contribution in [0.4, 0.5) is 11.4 Å². The summed E-state index contributed by atoms with van der Waals surface area (Å²) >= 11 is 0. The number of rotatable bonds is 5. The lowest BCUT2D eigenvalue weighted by atomic mass is 10.1. The van der Waals surface area contributed by atoms with Crippen LogP contribution in [-0.2, 0) is 6.42 Å². The van der Waals surface area contributed by atoms with E-state index in [-0.39, 0.29) is 11.5 Å². The van der Waals surface area contributed by atoms with Crippen molar-refractivity contribution in [3.8, 4) is 0 Å². The van der Waals surface area contributed by atoms with Crippen molar-refractivity contribution in [3.05, 3.63) is 45.5 Å². The molecular formula is C13H15N5O3. The van der Waals surface area contributed by atoms with Crippen molar-refractivity contribution in [2.75, 3.05) is 5.32 Å². The largest absolute Gasteiger partial charge is 0.319 e. The van der Waals surface area contributed by atoms with Crippen molar-refractivity contribution < 1.29 is 9.72 Å². The minimum atomic E-state index is -0.503. The number of hydrogen-bond acceptors (Lipinski definition) is 5. The monoisotopic (exact) mass is 289 g/mol. The van der Waals surface area contributed by atoms with Crippen LogP contribution in [0, 0.1) is 17.0 Å². The molecule has 8 nitrogen and oxygen atoms in total. The van der Waals surface area contributed by atoms with Crippen LogP contribution in [0.25, 0.3) is 0 Å². The topological polar surface area (TPSA) is 114 Å². The highest BCUT2D eigenvalue weighted by atomic mass is 16.6. The average Bonchev–Trinajstić information content (AvgIpc) is 2.90. The molecule has 2 N–H and O–H groups in total. The van der Waals surface area contributed by atoms with Crippen LogP contribution in [0.3, 0.4) is 0 Å². The second-order valence-corrected chi connectivity index (χ2v) is 4.52. The average molecular weight is 289 g/mol. The number of aromatic amines is 1. The summed E-state index contributed by atoms with van der Waals surface area (Å²) in [6.07, 6.45) is 1.59. The molecule has 110 valence electrons. The van der Waals surface area contributed by atoms with E-state index >= 15 is 0 Å². The molecule has 0 aliphatic heterocycles. The molecular weight excluding hydrogens is 274 g/mol. The Kier molecular flexibility index (Phi) is 4.27. The molecule has 1 heterocycles. The van der Waals surface area contributed by atoms with Gasteiger partial charge in [0.2, 0.25) is 5.82 Å². The molecule has 0 bridgehead atoms. The van der Waals surface area contributed by atoms with Gasteiger partial charge in [-0.1, -0.05) is 13.0 Å². The van der Waals surface area contributed by atoms with Gasteiger partial charge in [0.05, 0.1) is 16.2 Å². The number of aromatic nitrogens is 3. The Morgan fingerprint density at radius 2 is 2.24 bits per heavy atom. The van der Waals surface area contributed by atoms with E-state index in [9.17, 15) is 14.9 Å². The van der Waals surface area contributed by atoms with Crippen molar-refractivity contribution in [1.82, 2.24) is 15.2 Å². The van der Waals surface area contributed by atoms with Gasteiger partial charge in [-0.2, -0.15) is 0 Å². The minimum Gasteiger partial charge on any atom is -0.319 e. The Morgan fingerprint density at radius 3 is 2.90 bits per heavy atom. The highest BCUT2D eigenvalue weighted by Gasteiger charge is 2.17. The van der Waals surface area contributed by atoms with Gasteiger partial charge in [0.1, 0.15) is 5.82 Å². The summed E-state index contributed by atoms with van der Waals surface area (Å²) in [7, 11) is 0. The molecule has 0 unspecified atom stereocenters. The van der Waals surface area contributed by atoms with Crippen LogP contribution in [0.1, 0.15) is 35.4 Å². The summed E-state index contributed by atoms with van der Waals surface area (Å²) < 4.78 is 0. The summed E-state index contributed by atoms with van der Waals surface area (Å²) in [4.78, 5) is 26.5. The van der Waals surface area contributed by atoms with Crippen LogP contribution in [0.5, 0.6) is 0 Å². The van der Waals surface area contributed by atoms with E-state index in [0.717, 1.165) is 6.42 Å². The maximum absolute atomic E-state index is 12.0. The fourth-order valence-electron chi connectivity index (χ4n) is 1.88. The fourth-order valence-corrected chi connectivity index (χ4v) is 1.88. The third-order valence-electron chi connectivity index (χ3n) is 2.97. The Bertz CT molecular complexity index is 680. The van der Waals surface area contributed by atoms with Crippen LogP contribution in [-0.4, -0.2) is 26.0 Å². The molecule has 0 spiro atoms. The summed E-state index contributed by atoms with van der Waals surface area (Å²) in [6, 6.07) is 4.50. The van der Waals surface area contributed by atoms with Crippen LogP contribution >= 0.6 is 0 Å². The molecule has 8 heteroatoms. The highest BCUT2D eigenvalue weighted by Crippen LogP contribution is 2.25. The van der Waals surface area contributed by atoms with Crippen molar-refractivity contribution >= 4 is 17.3 Å².